The summed E-state index contributed by atoms with van der Waals surface area (Å²) in [5.74, 6) is 2.85. The molecule has 1 aromatic heterocycles. The van der Waals surface area contributed by atoms with E-state index in [9.17, 15) is 0 Å². The molecule has 1 heteroatoms. The second-order valence-corrected chi connectivity index (χ2v) is 8.15. The lowest BCUT2D eigenvalue weighted by Crippen LogP contribution is -2.17. The van der Waals surface area contributed by atoms with E-state index >= 15 is 0 Å². The van der Waals surface area contributed by atoms with Crippen LogP contribution in [0.5, 0.6) is 0 Å². The van der Waals surface area contributed by atoms with Gasteiger partial charge >= 0.3 is 0 Å². The summed E-state index contributed by atoms with van der Waals surface area (Å²) in [7, 11) is 0. The molecule has 1 heterocycles. The van der Waals surface area contributed by atoms with Gasteiger partial charge < -0.3 is 0 Å². The van der Waals surface area contributed by atoms with Gasteiger partial charge in [-0.1, -0.05) is 74.9 Å². The summed E-state index contributed by atoms with van der Waals surface area (Å²) in [6, 6.07) is 24.1. The third-order valence-electron chi connectivity index (χ3n) is 6.07. The van der Waals surface area contributed by atoms with Crippen LogP contribution >= 0.6 is 0 Å². The van der Waals surface area contributed by atoms with E-state index in [4.69, 9.17) is 0 Å². The Morgan fingerprint density at radius 1 is 0.964 bits per heavy atom. The molecule has 143 valence electrons. The third-order valence-corrected chi connectivity index (χ3v) is 6.07. The van der Waals surface area contributed by atoms with Gasteiger partial charge in [-0.3, -0.25) is 4.98 Å². The van der Waals surface area contributed by atoms with Gasteiger partial charge in [0.25, 0.3) is 0 Å². The molecule has 1 radical (unpaired) electrons. The molecule has 28 heavy (non-hydrogen) atoms. The molecule has 1 unspecified atom stereocenters. The highest BCUT2D eigenvalue weighted by Gasteiger charge is 2.32. The third kappa shape index (κ3) is 4.35. The summed E-state index contributed by atoms with van der Waals surface area (Å²) in [6.45, 7) is 4.67. The minimum atomic E-state index is 0.562. The molecule has 1 aliphatic rings. The Kier molecular flexibility index (Phi) is 5.90. The second kappa shape index (κ2) is 8.73. The van der Waals surface area contributed by atoms with E-state index in [0.717, 1.165) is 25.2 Å². The molecule has 1 nitrogen and oxygen atoms in total. The summed E-state index contributed by atoms with van der Waals surface area (Å²) < 4.78 is 0. The Morgan fingerprint density at radius 3 is 2.43 bits per heavy atom. The first kappa shape index (κ1) is 18.9. The first-order valence-electron chi connectivity index (χ1n) is 10.7. The fraction of sp³-hybridized carbons (Fsp3) is 0.333. The molecular weight excluding hydrogens is 338 g/mol. The van der Waals surface area contributed by atoms with Gasteiger partial charge in [-0.05, 0) is 65.5 Å². The van der Waals surface area contributed by atoms with Crippen LogP contribution < -0.4 is 0 Å². The first-order chi connectivity index (χ1) is 13.8. The average molecular weight is 369 g/mol. The molecule has 0 bridgehead atoms. The number of nitrogens with zero attached hydrogens (tertiary/aromatic N) is 1. The number of benzene rings is 2. The van der Waals surface area contributed by atoms with E-state index in [1.165, 1.54) is 35.2 Å². The van der Waals surface area contributed by atoms with Crippen molar-refractivity contribution in [1.82, 2.24) is 4.98 Å². The Labute approximate surface area is 169 Å². The van der Waals surface area contributed by atoms with Crippen molar-refractivity contribution < 1.29 is 0 Å². The largest absolute Gasteiger partial charge is 0.261 e. The van der Waals surface area contributed by atoms with E-state index in [0.29, 0.717) is 5.92 Å². The van der Waals surface area contributed by atoms with E-state index in [1.54, 1.807) is 11.5 Å². The second-order valence-electron chi connectivity index (χ2n) is 8.15. The smallest absolute Gasteiger partial charge is 0.0412 e. The quantitative estimate of drug-likeness (QED) is 0.428. The number of hydrogen-bond acceptors (Lipinski definition) is 1. The Hall–Kier alpha value is -2.41. The predicted molar refractivity (Wildman–Crippen MR) is 117 cm³/mol. The maximum Gasteiger partial charge on any atom is 0.0412 e. The van der Waals surface area contributed by atoms with Crippen molar-refractivity contribution in [2.24, 2.45) is 5.92 Å². The molecule has 0 saturated heterocycles. The van der Waals surface area contributed by atoms with Gasteiger partial charge in [0.2, 0.25) is 0 Å². The maximum absolute atomic E-state index is 4.62. The van der Waals surface area contributed by atoms with Crippen molar-refractivity contribution in [3.63, 3.8) is 0 Å². The summed E-state index contributed by atoms with van der Waals surface area (Å²) in [6.07, 6.45) is 7.71. The lowest BCUT2D eigenvalue weighted by atomic mass is 9.77. The molecule has 0 spiro atoms. The van der Waals surface area contributed by atoms with Crippen LogP contribution in [0.1, 0.15) is 67.0 Å². The highest BCUT2D eigenvalue weighted by molar-refractivity contribution is 5.50. The average Bonchev–Trinajstić information content (AvgIpc) is 3.58. The van der Waals surface area contributed by atoms with Crippen molar-refractivity contribution in [2.45, 2.75) is 51.9 Å². The van der Waals surface area contributed by atoms with E-state index in [1.807, 2.05) is 12.3 Å². The number of aromatic nitrogens is 1. The van der Waals surface area contributed by atoms with Crippen LogP contribution in [0.4, 0.5) is 0 Å². The zero-order valence-electron chi connectivity index (χ0n) is 17.1. The SMILES string of the molecule is CCC(C)[C](Cc1ccccn1)c1cccc(Cc2ccccc2)c1C1CC1. The van der Waals surface area contributed by atoms with Crippen molar-refractivity contribution in [3.8, 4) is 0 Å². The Balaban J connectivity index is 1.72. The van der Waals surface area contributed by atoms with Crippen LogP contribution in [0.25, 0.3) is 0 Å². The highest BCUT2D eigenvalue weighted by Crippen LogP contribution is 2.47. The fourth-order valence-electron chi connectivity index (χ4n) is 4.20. The zero-order chi connectivity index (χ0) is 19.3. The van der Waals surface area contributed by atoms with Gasteiger partial charge in [0.1, 0.15) is 0 Å². The topological polar surface area (TPSA) is 12.9 Å². The van der Waals surface area contributed by atoms with Crippen LogP contribution in [0.15, 0.2) is 72.9 Å². The number of pyridine rings is 1. The first-order valence-corrected chi connectivity index (χ1v) is 10.7. The summed E-state index contributed by atoms with van der Waals surface area (Å²) >= 11 is 0. The summed E-state index contributed by atoms with van der Waals surface area (Å²) in [5.41, 5.74) is 7.19. The summed E-state index contributed by atoms with van der Waals surface area (Å²) in [5, 5.41) is 0. The van der Waals surface area contributed by atoms with Gasteiger partial charge in [0.15, 0.2) is 0 Å². The molecule has 0 amide bonds. The van der Waals surface area contributed by atoms with Crippen LogP contribution in [0.2, 0.25) is 0 Å². The van der Waals surface area contributed by atoms with Crippen LogP contribution in [-0.2, 0) is 12.8 Å². The minimum Gasteiger partial charge on any atom is -0.261 e. The van der Waals surface area contributed by atoms with Crippen LogP contribution in [0.3, 0.4) is 0 Å². The van der Waals surface area contributed by atoms with Gasteiger partial charge in [-0.15, -0.1) is 0 Å². The van der Waals surface area contributed by atoms with Crippen molar-refractivity contribution in [1.29, 1.82) is 0 Å². The van der Waals surface area contributed by atoms with Crippen molar-refractivity contribution in [3.05, 3.63) is 107 Å². The lowest BCUT2D eigenvalue weighted by Gasteiger charge is -2.27. The lowest BCUT2D eigenvalue weighted by molar-refractivity contribution is 0.569. The Bertz CT molecular complexity index is 881. The molecule has 4 rings (SSSR count). The van der Waals surface area contributed by atoms with Gasteiger partial charge in [0, 0.05) is 24.2 Å². The van der Waals surface area contributed by atoms with Gasteiger partial charge in [-0.2, -0.15) is 0 Å². The monoisotopic (exact) mass is 368 g/mol. The molecule has 0 aliphatic heterocycles. The molecule has 1 aliphatic carbocycles. The van der Waals surface area contributed by atoms with Crippen LogP contribution in [-0.4, -0.2) is 4.98 Å². The fourth-order valence-corrected chi connectivity index (χ4v) is 4.20. The zero-order valence-corrected chi connectivity index (χ0v) is 17.1. The normalized spacial score (nSPS) is 15.0. The van der Waals surface area contributed by atoms with E-state index in [2.05, 4.69) is 79.5 Å². The highest BCUT2D eigenvalue weighted by atomic mass is 14.7. The standard InChI is InChI=1S/C27H30N/c1-3-20(2)26(19-24-13-7-8-17-28-24)25-14-9-12-23(27(25)22-15-16-22)18-21-10-5-4-6-11-21/h4-14,17,20,22H,3,15-16,18-19H2,1-2H3. The molecule has 3 aromatic rings. The molecule has 0 N–H and O–H groups in total. The minimum absolute atomic E-state index is 0.562. The van der Waals surface area contributed by atoms with E-state index in [-0.39, 0.29) is 0 Å². The molecule has 1 fully saturated rings. The van der Waals surface area contributed by atoms with E-state index < -0.39 is 0 Å². The van der Waals surface area contributed by atoms with Crippen molar-refractivity contribution >= 4 is 0 Å². The molecule has 1 atom stereocenters. The number of rotatable bonds is 8. The van der Waals surface area contributed by atoms with Gasteiger partial charge in [-0.25, -0.2) is 0 Å². The molecule has 1 saturated carbocycles. The maximum atomic E-state index is 4.62. The Morgan fingerprint density at radius 2 is 1.75 bits per heavy atom. The molecule has 2 aromatic carbocycles. The molecular formula is C27H30N. The van der Waals surface area contributed by atoms with Crippen molar-refractivity contribution in [2.75, 3.05) is 0 Å². The number of hydrogen-bond donors (Lipinski definition) is 0. The summed E-state index contributed by atoms with van der Waals surface area (Å²) in [4.78, 5) is 4.62. The predicted octanol–water partition coefficient (Wildman–Crippen LogP) is 6.76. The van der Waals surface area contributed by atoms with Gasteiger partial charge in [0.05, 0.1) is 0 Å². The van der Waals surface area contributed by atoms with Crippen LogP contribution in [0, 0.1) is 11.8 Å².